The molecule has 0 aliphatic rings. The molecule has 0 aromatic heterocycles. The van der Waals surface area contributed by atoms with Gasteiger partial charge in [-0.05, 0) is 6.07 Å². The van der Waals surface area contributed by atoms with Crippen LogP contribution in [0.3, 0.4) is 0 Å². The lowest BCUT2D eigenvalue weighted by Gasteiger charge is -2.13. The molecule has 5 nitrogen and oxygen atoms in total. The van der Waals surface area contributed by atoms with Gasteiger partial charge in [0.05, 0.1) is 6.10 Å². The Hall–Kier alpha value is -2.16. The zero-order chi connectivity index (χ0) is 16.8. The first-order chi connectivity index (χ1) is 10.2. The summed E-state index contributed by atoms with van der Waals surface area (Å²) in [5.41, 5.74) is -0.0377. The fourth-order valence-corrected chi connectivity index (χ4v) is 1.54. The van der Waals surface area contributed by atoms with Crippen molar-refractivity contribution in [3.8, 4) is 0 Å². The number of amides is 2. The zero-order valence-electron chi connectivity index (χ0n) is 11.3. The van der Waals surface area contributed by atoms with E-state index in [0.717, 1.165) is 6.07 Å². The number of carbonyl (C=O) groups excluding carboxylic acids is 2. The number of aliphatic hydroxyl groups excluding tert-OH is 1. The third-order valence-corrected chi connectivity index (χ3v) is 2.56. The smallest absolute Gasteiger partial charge is 0.386 e. The fourth-order valence-electron chi connectivity index (χ4n) is 1.54. The van der Waals surface area contributed by atoms with Gasteiger partial charge in [0.15, 0.2) is 0 Å². The summed E-state index contributed by atoms with van der Waals surface area (Å²) in [6.07, 6.45) is -6.71. The Kier molecular flexibility index (Phi) is 6.29. The molecule has 9 heteroatoms. The van der Waals surface area contributed by atoms with Crippen LogP contribution in [-0.4, -0.2) is 36.2 Å². The van der Waals surface area contributed by atoms with E-state index in [1.807, 2.05) is 0 Å². The molecule has 0 spiro atoms. The summed E-state index contributed by atoms with van der Waals surface area (Å²) >= 11 is 0. The van der Waals surface area contributed by atoms with Crippen LogP contribution in [0.5, 0.6) is 0 Å². The number of aliphatic hydroxyl groups is 1. The maximum absolute atomic E-state index is 13.3. The maximum Gasteiger partial charge on any atom is 0.405 e. The third-order valence-electron chi connectivity index (χ3n) is 2.56. The van der Waals surface area contributed by atoms with E-state index in [9.17, 15) is 32.3 Å². The highest BCUT2D eigenvalue weighted by Crippen LogP contribution is 2.15. The van der Waals surface area contributed by atoms with E-state index in [1.165, 1.54) is 23.5 Å². The van der Waals surface area contributed by atoms with Gasteiger partial charge in [-0.25, -0.2) is 4.39 Å². The molecule has 0 aliphatic carbocycles. The van der Waals surface area contributed by atoms with Gasteiger partial charge in [0.1, 0.15) is 18.8 Å². The highest BCUT2D eigenvalue weighted by Gasteiger charge is 2.28. The maximum atomic E-state index is 13.3. The van der Waals surface area contributed by atoms with Crippen molar-refractivity contribution < 1.29 is 32.3 Å². The largest absolute Gasteiger partial charge is 0.405 e. The molecule has 0 radical (unpaired) electrons. The molecule has 122 valence electrons. The number of rotatable bonds is 6. The molecule has 0 heterocycles. The lowest BCUT2D eigenvalue weighted by molar-refractivity contribution is -0.140. The van der Waals surface area contributed by atoms with Crippen LogP contribution >= 0.6 is 0 Å². The van der Waals surface area contributed by atoms with Crippen molar-refractivity contribution >= 4 is 11.8 Å². The standard InChI is InChI=1S/C13H14F4N2O3/c14-9-4-2-1-3-8(9)10(20)6-18-11(21)5-12(22)19-7-13(15,16)17/h1-4,10,20H,5-7H2,(H,18,21)(H,19,22). The molecule has 1 unspecified atom stereocenters. The van der Waals surface area contributed by atoms with Crippen LogP contribution in [0.1, 0.15) is 18.1 Å². The first-order valence-corrected chi connectivity index (χ1v) is 6.21. The summed E-state index contributed by atoms with van der Waals surface area (Å²) in [4.78, 5) is 22.4. The van der Waals surface area contributed by atoms with Crippen LogP contribution in [0.4, 0.5) is 17.6 Å². The average Bonchev–Trinajstić information content (AvgIpc) is 2.42. The van der Waals surface area contributed by atoms with E-state index in [1.54, 1.807) is 0 Å². The second kappa shape index (κ2) is 7.74. The molecular formula is C13H14F4N2O3. The van der Waals surface area contributed by atoms with Crippen LogP contribution in [0.25, 0.3) is 0 Å². The van der Waals surface area contributed by atoms with E-state index in [0.29, 0.717) is 0 Å². The summed E-state index contributed by atoms with van der Waals surface area (Å²) in [6, 6.07) is 5.37. The van der Waals surface area contributed by atoms with Crippen LogP contribution in [0.2, 0.25) is 0 Å². The van der Waals surface area contributed by atoms with Gasteiger partial charge in [0, 0.05) is 12.1 Å². The van der Waals surface area contributed by atoms with Crippen LogP contribution in [0, 0.1) is 5.82 Å². The summed E-state index contributed by atoms with van der Waals surface area (Å²) in [6.45, 7) is -1.90. The number of halogens is 4. The Morgan fingerprint density at radius 1 is 1.14 bits per heavy atom. The Balaban J connectivity index is 2.37. The van der Waals surface area contributed by atoms with E-state index in [2.05, 4.69) is 5.32 Å². The van der Waals surface area contributed by atoms with Gasteiger partial charge >= 0.3 is 6.18 Å². The SMILES string of the molecule is O=C(CC(=O)NCC(F)(F)F)NCC(O)c1ccccc1F. The van der Waals surface area contributed by atoms with Gasteiger partial charge in [-0.3, -0.25) is 9.59 Å². The predicted octanol–water partition coefficient (Wildman–Crippen LogP) is 1.04. The van der Waals surface area contributed by atoms with Gasteiger partial charge in [0.25, 0.3) is 0 Å². The molecule has 2 amide bonds. The Labute approximate surface area is 123 Å². The van der Waals surface area contributed by atoms with Crippen LogP contribution in [0.15, 0.2) is 24.3 Å². The number of benzene rings is 1. The Morgan fingerprint density at radius 2 is 1.73 bits per heavy atom. The van der Waals surface area contributed by atoms with Crippen molar-refractivity contribution in [2.45, 2.75) is 18.7 Å². The molecule has 0 fully saturated rings. The van der Waals surface area contributed by atoms with E-state index in [-0.39, 0.29) is 12.1 Å². The average molecular weight is 322 g/mol. The minimum atomic E-state index is -4.56. The second-order valence-corrected chi connectivity index (χ2v) is 4.41. The Bertz CT molecular complexity index is 534. The number of nitrogens with one attached hydrogen (secondary N) is 2. The van der Waals surface area contributed by atoms with Crippen molar-refractivity contribution in [2.75, 3.05) is 13.1 Å². The van der Waals surface area contributed by atoms with Crippen molar-refractivity contribution in [2.24, 2.45) is 0 Å². The normalized spacial score (nSPS) is 12.6. The second-order valence-electron chi connectivity index (χ2n) is 4.41. The van der Waals surface area contributed by atoms with Gasteiger partial charge in [-0.1, -0.05) is 18.2 Å². The summed E-state index contributed by atoms with van der Waals surface area (Å²) in [7, 11) is 0. The quantitative estimate of drug-likeness (QED) is 0.541. The predicted molar refractivity (Wildman–Crippen MR) is 68.1 cm³/mol. The van der Waals surface area contributed by atoms with Crippen molar-refractivity contribution in [1.82, 2.24) is 10.6 Å². The first kappa shape index (κ1) is 17.9. The summed E-state index contributed by atoms with van der Waals surface area (Å²) in [5.74, 6) is -2.64. The number of hydrogen-bond acceptors (Lipinski definition) is 3. The highest BCUT2D eigenvalue weighted by atomic mass is 19.4. The van der Waals surface area contributed by atoms with Crippen molar-refractivity contribution in [1.29, 1.82) is 0 Å². The first-order valence-electron chi connectivity index (χ1n) is 6.21. The lowest BCUT2D eigenvalue weighted by Crippen LogP contribution is -2.38. The summed E-state index contributed by atoms with van der Waals surface area (Å²) in [5, 5.41) is 13.4. The van der Waals surface area contributed by atoms with Crippen LogP contribution in [-0.2, 0) is 9.59 Å². The van der Waals surface area contributed by atoms with E-state index >= 15 is 0 Å². The van der Waals surface area contributed by atoms with Crippen LogP contribution < -0.4 is 10.6 Å². The van der Waals surface area contributed by atoms with Crippen molar-refractivity contribution in [3.63, 3.8) is 0 Å². The minimum absolute atomic E-state index is 0.0377. The van der Waals surface area contributed by atoms with Gasteiger partial charge in [-0.15, -0.1) is 0 Å². The molecule has 3 N–H and O–H groups in total. The molecule has 0 aliphatic heterocycles. The molecule has 0 bridgehead atoms. The molecule has 0 saturated heterocycles. The molecule has 1 aromatic carbocycles. The molecule has 1 aromatic rings. The zero-order valence-corrected chi connectivity index (χ0v) is 11.3. The van der Waals surface area contributed by atoms with Gasteiger partial charge in [0.2, 0.25) is 11.8 Å². The highest BCUT2D eigenvalue weighted by molar-refractivity contribution is 5.96. The number of alkyl halides is 3. The third kappa shape index (κ3) is 6.53. The molecule has 1 atom stereocenters. The molecular weight excluding hydrogens is 308 g/mol. The lowest BCUT2D eigenvalue weighted by atomic mass is 10.1. The van der Waals surface area contributed by atoms with Gasteiger partial charge in [-0.2, -0.15) is 13.2 Å². The van der Waals surface area contributed by atoms with Gasteiger partial charge < -0.3 is 15.7 Å². The summed E-state index contributed by atoms with van der Waals surface area (Å²) < 4.78 is 48.9. The number of hydrogen-bond donors (Lipinski definition) is 3. The monoisotopic (exact) mass is 322 g/mol. The van der Waals surface area contributed by atoms with E-state index < -0.39 is 42.9 Å². The molecule has 22 heavy (non-hydrogen) atoms. The molecule has 0 saturated carbocycles. The number of carbonyl (C=O) groups is 2. The topological polar surface area (TPSA) is 78.4 Å². The fraction of sp³-hybridized carbons (Fsp3) is 0.385. The Morgan fingerprint density at radius 3 is 2.32 bits per heavy atom. The minimum Gasteiger partial charge on any atom is -0.386 e. The molecule has 1 rings (SSSR count). The van der Waals surface area contributed by atoms with E-state index in [4.69, 9.17) is 0 Å². The van der Waals surface area contributed by atoms with Crippen molar-refractivity contribution in [3.05, 3.63) is 35.6 Å².